The van der Waals surface area contributed by atoms with E-state index < -0.39 is 17.9 Å². The topological polar surface area (TPSA) is 36.7 Å². The molecule has 0 fully saturated rings. The molecule has 0 atom stereocenters. The number of hydrogen-bond acceptors (Lipinski definition) is 2. The molecule has 6 heteroatoms. The summed E-state index contributed by atoms with van der Waals surface area (Å²) in [6, 6.07) is 1.74. The summed E-state index contributed by atoms with van der Waals surface area (Å²) in [4.78, 5) is 3.46. The Morgan fingerprint density at radius 1 is 1.53 bits per heavy atom. The maximum atomic E-state index is 13.5. The van der Waals surface area contributed by atoms with E-state index in [1.54, 1.807) is 6.07 Å². The quantitative estimate of drug-likeness (QED) is 0.797. The summed E-state index contributed by atoms with van der Waals surface area (Å²) in [6.07, 6.45) is -2.02. The maximum absolute atomic E-state index is 13.5. The Hall–Kier alpha value is -1.09. The molecule has 0 saturated heterocycles. The third kappa shape index (κ3) is 2.48. The molecular formula is C9H6BrF3N2. The van der Waals surface area contributed by atoms with Crippen molar-refractivity contribution in [2.75, 3.05) is 0 Å². The van der Waals surface area contributed by atoms with E-state index in [0.717, 1.165) is 6.20 Å². The maximum Gasteiger partial charge on any atom is 0.280 e. The monoisotopic (exact) mass is 278 g/mol. The van der Waals surface area contributed by atoms with Gasteiger partial charge in [0.1, 0.15) is 11.5 Å². The molecule has 0 radical (unpaired) electrons. The number of halogens is 4. The highest BCUT2D eigenvalue weighted by molar-refractivity contribution is 9.08. The van der Waals surface area contributed by atoms with E-state index in [9.17, 15) is 13.2 Å². The fourth-order valence-electron chi connectivity index (χ4n) is 1.11. The molecule has 0 saturated carbocycles. The third-order valence-electron chi connectivity index (χ3n) is 1.83. The zero-order valence-electron chi connectivity index (χ0n) is 7.48. The van der Waals surface area contributed by atoms with Gasteiger partial charge in [-0.2, -0.15) is 5.26 Å². The van der Waals surface area contributed by atoms with E-state index in [1.807, 2.05) is 0 Å². The second-order valence-electron chi connectivity index (χ2n) is 2.73. The average Bonchev–Trinajstić information content (AvgIpc) is 2.20. The van der Waals surface area contributed by atoms with Crippen LogP contribution in [0.5, 0.6) is 0 Å². The van der Waals surface area contributed by atoms with Crippen LogP contribution in [0.25, 0.3) is 0 Å². The lowest BCUT2D eigenvalue weighted by Crippen LogP contribution is -2.04. The number of pyridine rings is 1. The molecule has 2 nitrogen and oxygen atoms in total. The van der Waals surface area contributed by atoms with Gasteiger partial charge in [0.25, 0.3) is 6.43 Å². The summed E-state index contributed by atoms with van der Waals surface area (Å²) >= 11 is 2.92. The highest BCUT2D eigenvalue weighted by Gasteiger charge is 2.19. The van der Waals surface area contributed by atoms with Crippen molar-refractivity contribution in [1.29, 1.82) is 5.26 Å². The fraction of sp³-hybridized carbons (Fsp3) is 0.333. The van der Waals surface area contributed by atoms with Crippen LogP contribution in [0.3, 0.4) is 0 Å². The van der Waals surface area contributed by atoms with Gasteiger partial charge < -0.3 is 0 Å². The minimum absolute atomic E-state index is 0.0383. The van der Waals surface area contributed by atoms with Gasteiger partial charge in [0.05, 0.1) is 12.5 Å². The number of rotatable bonds is 3. The fourth-order valence-corrected chi connectivity index (χ4v) is 1.65. The molecule has 15 heavy (non-hydrogen) atoms. The van der Waals surface area contributed by atoms with Crippen molar-refractivity contribution in [1.82, 2.24) is 4.98 Å². The molecule has 1 aromatic rings. The molecule has 0 spiro atoms. The van der Waals surface area contributed by atoms with Crippen LogP contribution in [0.1, 0.15) is 23.2 Å². The summed E-state index contributed by atoms with van der Waals surface area (Å²) in [5.74, 6) is -0.779. The van der Waals surface area contributed by atoms with Crippen molar-refractivity contribution >= 4 is 15.9 Å². The molecule has 1 rings (SSSR count). The van der Waals surface area contributed by atoms with Gasteiger partial charge in [0, 0.05) is 22.7 Å². The van der Waals surface area contributed by atoms with Crippen molar-refractivity contribution in [3.8, 4) is 6.07 Å². The van der Waals surface area contributed by atoms with E-state index in [2.05, 4.69) is 20.9 Å². The minimum Gasteiger partial charge on any atom is -0.254 e. The predicted octanol–water partition coefficient (Wildman–Crippen LogP) is 3.12. The van der Waals surface area contributed by atoms with Gasteiger partial charge >= 0.3 is 0 Å². The molecular weight excluding hydrogens is 273 g/mol. The Labute approximate surface area is 92.9 Å². The van der Waals surface area contributed by atoms with Crippen molar-refractivity contribution in [2.24, 2.45) is 0 Å². The zero-order chi connectivity index (χ0) is 11.4. The molecule has 0 aliphatic heterocycles. The first-order valence-corrected chi connectivity index (χ1v) is 5.11. The number of alkyl halides is 3. The molecule has 0 aliphatic rings. The number of nitrogens with zero attached hydrogens (tertiary/aromatic N) is 2. The van der Waals surface area contributed by atoms with Gasteiger partial charge in [-0.3, -0.25) is 4.98 Å². The second kappa shape index (κ2) is 5.12. The van der Waals surface area contributed by atoms with Crippen molar-refractivity contribution < 1.29 is 13.2 Å². The average molecular weight is 279 g/mol. The van der Waals surface area contributed by atoms with E-state index in [-0.39, 0.29) is 22.9 Å². The van der Waals surface area contributed by atoms with Crippen molar-refractivity contribution in [3.63, 3.8) is 0 Å². The van der Waals surface area contributed by atoms with Crippen LogP contribution in [0, 0.1) is 17.1 Å². The molecule has 0 aromatic carbocycles. The van der Waals surface area contributed by atoms with Crippen molar-refractivity contribution in [2.45, 2.75) is 18.2 Å². The Balaban J connectivity index is 3.27. The number of nitriles is 1. The summed E-state index contributed by atoms with van der Waals surface area (Å²) < 4.78 is 38.3. The van der Waals surface area contributed by atoms with Crippen LogP contribution in [0.2, 0.25) is 0 Å². The van der Waals surface area contributed by atoms with Gasteiger partial charge in [-0.1, -0.05) is 15.9 Å². The van der Waals surface area contributed by atoms with Crippen LogP contribution in [0.15, 0.2) is 6.20 Å². The first kappa shape index (κ1) is 12.0. The van der Waals surface area contributed by atoms with Gasteiger partial charge in [-0.15, -0.1) is 0 Å². The number of hydrogen-bond donors (Lipinski definition) is 0. The summed E-state index contributed by atoms with van der Waals surface area (Å²) in [7, 11) is 0. The van der Waals surface area contributed by atoms with Crippen LogP contribution in [0.4, 0.5) is 13.2 Å². The Bertz CT molecular complexity index is 401. The SMILES string of the molecule is N#CCc1cnc(C(F)F)c(CBr)c1F. The largest absolute Gasteiger partial charge is 0.280 e. The molecule has 0 unspecified atom stereocenters. The molecule has 1 aromatic heterocycles. The van der Waals surface area contributed by atoms with E-state index in [0.29, 0.717) is 0 Å². The minimum atomic E-state index is -2.82. The van der Waals surface area contributed by atoms with E-state index in [4.69, 9.17) is 5.26 Å². The normalized spacial score (nSPS) is 10.4. The van der Waals surface area contributed by atoms with Crippen LogP contribution < -0.4 is 0 Å². The summed E-state index contributed by atoms with van der Waals surface area (Å²) in [6.45, 7) is 0. The lowest BCUT2D eigenvalue weighted by molar-refractivity contribution is 0.144. The van der Waals surface area contributed by atoms with Crippen LogP contribution >= 0.6 is 15.9 Å². The van der Waals surface area contributed by atoms with Gasteiger partial charge in [-0.25, -0.2) is 13.2 Å². The predicted molar refractivity (Wildman–Crippen MR) is 51.1 cm³/mol. The Morgan fingerprint density at radius 2 is 2.20 bits per heavy atom. The van der Waals surface area contributed by atoms with Gasteiger partial charge in [0.15, 0.2) is 0 Å². The first-order valence-electron chi connectivity index (χ1n) is 3.99. The molecule has 0 bridgehead atoms. The number of aromatic nitrogens is 1. The zero-order valence-corrected chi connectivity index (χ0v) is 9.06. The molecule has 0 amide bonds. The lowest BCUT2D eigenvalue weighted by atomic mass is 10.1. The van der Waals surface area contributed by atoms with E-state index in [1.165, 1.54) is 0 Å². The Morgan fingerprint density at radius 3 is 2.67 bits per heavy atom. The summed E-state index contributed by atoms with van der Waals surface area (Å²) in [5, 5.41) is 8.33. The third-order valence-corrected chi connectivity index (χ3v) is 2.39. The summed E-state index contributed by atoms with van der Waals surface area (Å²) in [5.41, 5.74) is -0.722. The van der Waals surface area contributed by atoms with Gasteiger partial charge in [-0.05, 0) is 0 Å². The second-order valence-corrected chi connectivity index (χ2v) is 3.29. The lowest BCUT2D eigenvalue weighted by Gasteiger charge is -2.08. The highest BCUT2D eigenvalue weighted by Crippen LogP contribution is 2.26. The van der Waals surface area contributed by atoms with Crippen LogP contribution in [-0.2, 0) is 11.8 Å². The molecule has 0 aliphatic carbocycles. The standard InChI is InChI=1S/C9H6BrF3N2/c10-3-6-7(11)5(1-2-14)4-15-8(6)9(12)13/h4,9H,1,3H2. The van der Waals surface area contributed by atoms with Crippen molar-refractivity contribution in [3.05, 3.63) is 28.8 Å². The molecule has 0 N–H and O–H groups in total. The molecule has 80 valence electrons. The highest BCUT2D eigenvalue weighted by atomic mass is 79.9. The Kier molecular flexibility index (Phi) is 4.09. The smallest absolute Gasteiger partial charge is 0.254 e. The molecule has 1 heterocycles. The van der Waals surface area contributed by atoms with E-state index >= 15 is 0 Å². The van der Waals surface area contributed by atoms with Gasteiger partial charge in [0.2, 0.25) is 0 Å². The van der Waals surface area contributed by atoms with Crippen LogP contribution in [-0.4, -0.2) is 4.98 Å². The first-order chi connectivity index (χ1) is 7.11.